The third-order valence-electron chi connectivity index (χ3n) is 2.69. The molecule has 0 aliphatic heterocycles. The number of amides is 1. The second-order valence-electron chi connectivity index (χ2n) is 4.72. The van der Waals surface area contributed by atoms with Gasteiger partial charge >= 0.3 is 0 Å². The molecule has 1 amide bonds. The maximum atomic E-state index is 12.1. The van der Waals surface area contributed by atoms with Gasteiger partial charge in [-0.25, -0.2) is 0 Å². The van der Waals surface area contributed by atoms with Crippen LogP contribution in [0.25, 0.3) is 0 Å². The second kappa shape index (κ2) is 8.16. The van der Waals surface area contributed by atoms with Gasteiger partial charge in [-0.2, -0.15) is 0 Å². The van der Waals surface area contributed by atoms with E-state index in [4.69, 9.17) is 10.2 Å². The van der Waals surface area contributed by atoms with Crippen molar-refractivity contribution in [1.29, 1.82) is 0 Å². The zero-order chi connectivity index (χ0) is 12.8. The molecule has 0 aliphatic carbocycles. The lowest BCUT2D eigenvalue weighted by Gasteiger charge is -2.24. The minimum absolute atomic E-state index is 0. The first-order valence-electron chi connectivity index (χ1n) is 6.10. The molecule has 0 unspecified atom stereocenters. The van der Waals surface area contributed by atoms with E-state index in [2.05, 4.69) is 13.8 Å². The molecule has 0 saturated heterocycles. The first kappa shape index (κ1) is 17.0. The highest BCUT2D eigenvalue weighted by molar-refractivity contribution is 5.85. The molecular formula is C13H23ClN2O2. The predicted octanol–water partition coefficient (Wildman–Crippen LogP) is 2.42. The summed E-state index contributed by atoms with van der Waals surface area (Å²) in [6.07, 6.45) is 3.99. The SMILES string of the molecule is CCN(Cc1ccoc1)C(=O)[C@@H](N)CC(C)C.Cl. The molecule has 104 valence electrons. The molecule has 1 aromatic rings. The Labute approximate surface area is 115 Å². The van der Waals surface area contributed by atoms with E-state index in [-0.39, 0.29) is 18.3 Å². The predicted molar refractivity (Wildman–Crippen MR) is 74.5 cm³/mol. The Morgan fingerprint density at radius 3 is 2.61 bits per heavy atom. The van der Waals surface area contributed by atoms with Crippen molar-refractivity contribution in [2.45, 2.75) is 39.8 Å². The molecule has 1 heterocycles. The van der Waals surface area contributed by atoms with Gasteiger partial charge in [0.25, 0.3) is 0 Å². The van der Waals surface area contributed by atoms with Crippen LogP contribution in [-0.4, -0.2) is 23.4 Å². The zero-order valence-corrected chi connectivity index (χ0v) is 12.1. The van der Waals surface area contributed by atoms with Crippen LogP contribution in [0.15, 0.2) is 23.0 Å². The Bertz CT molecular complexity index is 339. The van der Waals surface area contributed by atoms with E-state index in [1.165, 1.54) is 0 Å². The molecule has 1 atom stereocenters. The van der Waals surface area contributed by atoms with Gasteiger partial charge in [-0.1, -0.05) is 13.8 Å². The van der Waals surface area contributed by atoms with Crippen molar-refractivity contribution in [2.75, 3.05) is 6.54 Å². The Balaban J connectivity index is 0.00000289. The number of furan rings is 1. The van der Waals surface area contributed by atoms with Gasteiger partial charge in [0.1, 0.15) is 0 Å². The van der Waals surface area contributed by atoms with Crippen LogP contribution in [0.3, 0.4) is 0 Å². The number of likely N-dealkylation sites (N-methyl/N-ethyl adjacent to an activating group) is 1. The van der Waals surface area contributed by atoms with Gasteiger partial charge in [0.2, 0.25) is 5.91 Å². The lowest BCUT2D eigenvalue weighted by Crippen LogP contribution is -2.43. The molecule has 0 spiro atoms. The number of halogens is 1. The minimum Gasteiger partial charge on any atom is -0.472 e. The molecular weight excluding hydrogens is 252 g/mol. The maximum Gasteiger partial charge on any atom is 0.239 e. The second-order valence-corrected chi connectivity index (χ2v) is 4.72. The highest BCUT2D eigenvalue weighted by Gasteiger charge is 2.20. The number of hydrogen-bond acceptors (Lipinski definition) is 3. The summed E-state index contributed by atoms with van der Waals surface area (Å²) in [6, 6.07) is 1.46. The number of rotatable bonds is 6. The molecule has 0 saturated carbocycles. The van der Waals surface area contributed by atoms with Crippen LogP contribution >= 0.6 is 12.4 Å². The normalized spacial score (nSPS) is 12.1. The van der Waals surface area contributed by atoms with Crippen molar-refractivity contribution in [3.8, 4) is 0 Å². The third-order valence-corrected chi connectivity index (χ3v) is 2.69. The quantitative estimate of drug-likeness (QED) is 0.867. The van der Waals surface area contributed by atoms with Gasteiger partial charge in [-0.15, -0.1) is 12.4 Å². The molecule has 0 bridgehead atoms. The molecule has 2 N–H and O–H groups in total. The summed E-state index contributed by atoms with van der Waals surface area (Å²) in [5.41, 5.74) is 6.91. The third kappa shape index (κ3) is 5.10. The fourth-order valence-corrected chi connectivity index (χ4v) is 1.79. The van der Waals surface area contributed by atoms with Gasteiger partial charge in [0.15, 0.2) is 0 Å². The van der Waals surface area contributed by atoms with Gasteiger partial charge in [-0.3, -0.25) is 4.79 Å². The summed E-state index contributed by atoms with van der Waals surface area (Å²) in [4.78, 5) is 13.9. The number of carbonyl (C=O) groups is 1. The first-order valence-corrected chi connectivity index (χ1v) is 6.10. The van der Waals surface area contributed by atoms with Crippen LogP contribution in [-0.2, 0) is 11.3 Å². The van der Waals surface area contributed by atoms with E-state index in [0.717, 1.165) is 12.0 Å². The van der Waals surface area contributed by atoms with Crippen LogP contribution < -0.4 is 5.73 Å². The number of hydrogen-bond donors (Lipinski definition) is 1. The lowest BCUT2D eigenvalue weighted by atomic mass is 10.0. The van der Waals surface area contributed by atoms with Crippen LogP contribution in [0.2, 0.25) is 0 Å². The van der Waals surface area contributed by atoms with Crippen LogP contribution in [0.1, 0.15) is 32.8 Å². The van der Waals surface area contributed by atoms with Crippen molar-refractivity contribution >= 4 is 18.3 Å². The van der Waals surface area contributed by atoms with Crippen molar-refractivity contribution in [1.82, 2.24) is 4.90 Å². The van der Waals surface area contributed by atoms with E-state index in [9.17, 15) is 4.79 Å². The summed E-state index contributed by atoms with van der Waals surface area (Å²) >= 11 is 0. The Hall–Kier alpha value is -1.00. The largest absolute Gasteiger partial charge is 0.472 e. The first-order chi connectivity index (χ1) is 8.04. The molecule has 1 aromatic heterocycles. The molecule has 0 radical (unpaired) electrons. The fourth-order valence-electron chi connectivity index (χ4n) is 1.79. The summed E-state index contributed by atoms with van der Waals surface area (Å²) in [5.74, 6) is 0.448. The van der Waals surface area contributed by atoms with Gasteiger partial charge in [0, 0.05) is 18.7 Å². The smallest absolute Gasteiger partial charge is 0.239 e. The monoisotopic (exact) mass is 274 g/mol. The van der Waals surface area contributed by atoms with E-state index in [1.807, 2.05) is 13.0 Å². The van der Waals surface area contributed by atoms with Gasteiger partial charge in [0.05, 0.1) is 18.6 Å². The molecule has 0 aromatic carbocycles. The van der Waals surface area contributed by atoms with Crippen molar-refractivity contribution in [2.24, 2.45) is 11.7 Å². The molecule has 18 heavy (non-hydrogen) atoms. The van der Waals surface area contributed by atoms with E-state index in [1.54, 1.807) is 17.4 Å². The Morgan fingerprint density at radius 1 is 1.50 bits per heavy atom. The summed E-state index contributed by atoms with van der Waals surface area (Å²) < 4.78 is 5.00. The molecule has 1 rings (SSSR count). The average Bonchev–Trinajstić information content (AvgIpc) is 2.76. The summed E-state index contributed by atoms with van der Waals surface area (Å²) in [7, 11) is 0. The minimum atomic E-state index is -0.401. The van der Waals surface area contributed by atoms with Crippen molar-refractivity contribution < 1.29 is 9.21 Å². The highest BCUT2D eigenvalue weighted by atomic mass is 35.5. The molecule has 4 nitrogen and oxygen atoms in total. The van der Waals surface area contributed by atoms with Crippen LogP contribution in [0, 0.1) is 5.92 Å². The van der Waals surface area contributed by atoms with Crippen LogP contribution in [0.5, 0.6) is 0 Å². The van der Waals surface area contributed by atoms with E-state index in [0.29, 0.717) is 19.0 Å². The Kier molecular flexibility index (Phi) is 7.71. The van der Waals surface area contributed by atoms with E-state index < -0.39 is 6.04 Å². The number of nitrogens with zero attached hydrogens (tertiary/aromatic N) is 1. The maximum absolute atomic E-state index is 12.1. The van der Waals surface area contributed by atoms with Gasteiger partial charge in [-0.05, 0) is 25.3 Å². The van der Waals surface area contributed by atoms with E-state index >= 15 is 0 Å². The lowest BCUT2D eigenvalue weighted by molar-refractivity contribution is -0.133. The molecule has 5 heteroatoms. The Morgan fingerprint density at radius 2 is 2.17 bits per heavy atom. The summed E-state index contributed by atoms with van der Waals surface area (Å²) in [6.45, 7) is 7.33. The summed E-state index contributed by atoms with van der Waals surface area (Å²) in [5, 5.41) is 0. The number of nitrogens with two attached hydrogens (primary N) is 1. The fraction of sp³-hybridized carbons (Fsp3) is 0.615. The highest BCUT2D eigenvalue weighted by Crippen LogP contribution is 2.10. The standard InChI is InChI=1S/C13H22N2O2.ClH/c1-4-15(8-11-5-6-17-9-11)13(16)12(14)7-10(2)3;/h5-6,9-10,12H,4,7-8,14H2,1-3H3;1H/t12-;/m0./s1. The average molecular weight is 275 g/mol. The van der Waals surface area contributed by atoms with Crippen molar-refractivity contribution in [3.63, 3.8) is 0 Å². The zero-order valence-electron chi connectivity index (χ0n) is 11.3. The molecule has 0 fully saturated rings. The van der Waals surface area contributed by atoms with Gasteiger partial charge < -0.3 is 15.1 Å². The molecule has 0 aliphatic rings. The topological polar surface area (TPSA) is 59.5 Å². The van der Waals surface area contributed by atoms with Crippen molar-refractivity contribution in [3.05, 3.63) is 24.2 Å². The number of carbonyl (C=O) groups excluding carboxylic acids is 1. The van der Waals surface area contributed by atoms with Crippen LogP contribution in [0.4, 0.5) is 0 Å².